The van der Waals surface area contributed by atoms with Crippen LogP contribution >= 0.6 is 23.8 Å². The van der Waals surface area contributed by atoms with E-state index in [0.717, 1.165) is 18.9 Å². The molecule has 0 atom stereocenters. The standard InChI is InChI=1S/C27H25ClFN7O4S/c28-14-1-4-20-16(9-14)23(31-32-27(30)41)25(38)36(20)13-33-5-7-34(8-6-33)22-11-21-17(10-19(22)29)24(37)18(26(39)40)12-35(21)15-2-3-15/h1,4,9-12,15,38H,2-3,5-8,13H2,(H2,30,41)(H,39,40). The van der Waals surface area contributed by atoms with Crippen LogP contribution in [0.25, 0.3) is 21.8 Å². The zero-order valence-electron chi connectivity index (χ0n) is 21.6. The first-order valence-corrected chi connectivity index (χ1v) is 13.7. The molecule has 0 amide bonds. The number of aromatic carboxylic acids is 1. The predicted molar refractivity (Wildman–Crippen MR) is 157 cm³/mol. The highest BCUT2D eigenvalue weighted by Crippen LogP contribution is 2.41. The Morgan fingerprint density at radius 3 is 2.51 bits per heavy atom. The summed E-state index contributed by atoms with van der Waals surface area (Å²) in [4.78, 5) is 28.4. The van der Waals surface area contributed by atoms with Gasteiger partial charge in [0.15, 0.2) is 5.69 Å². The van der Waals surface area contributed by atoms with E-state index in [2.05, 4.69) is 15.1 Å². The smallest absolute Gasteiger partial charge is 0.341 e. The number of carbonyl (C=O) groups is 1. The van der Waals surface area contributed by atoms with Crippen LogP contribution in [0.15, 0.2) is 51.6 Å². The number of fused-ring (bicyclic) bond motifs is 2. The Morgan fingerprint density at radius 2 is 1.85 bits per heavy atom. The number of aromatic nitrogens is 2. The second-order valence-corrected chi connectivity index (χ2v) is 11.0. The molecule has 1 aliphatic carbocycles. The molecule has 2 aliphatic rings. The first-order valence-electron chi connectivity index (χ1n) is 12.9. The van der Waals surface area contributed by atoms with Crippen LogP contribution in [0.3, 0.4) is 0 Å². The third-order valence-electron chi connectivity index (χ3n) is 7.55. The Kier molecular flexibility index (Phi) is 6.88. The summed E-state index contributed by atoms with van der Waals surface area (Å²) < 4.78 is 18.8. The van der Waals surface area contributed by atoms with Crippen LogP contribution in [0.5, 0.6) is 5.88 Å². The molecule has 11 nitrogen and oxygen atoms in total. The van der Waals surface area contributed by atoms with E-state index in [0.29, 0.717) is 60.0 Å². The van der Waals surface area contributed by atoms with E-state index in [-0.39, 0.29) is 33.7 Å². The molecule has 6 rings (SSSR count). The van der Waals surface area contributed by atoms with Crippen LogP contribution in [0.1, 0.15) is 29.2 Å². The molecule has 3 heterocycles. The van der Waals surface area contributed by atoms with Gasteiger partial charge in [-0.1, -0.05) is 11.6 Å². The van der Waals surface area contributed by atoms with Crippen molar-refractivity contribution >= 4 is 68.1 Å². The Hall–Kier alpha value is -4.07. The number of hydrogen-bond donors (Lipinski definition) is 3. The Bertz CT molecular complexity index is 1830. The van der Waals surface area contributed by atoms with Gasteiger partial charge in [-0.15, -0.1) is 10.2 Å². The van der Waals surface area contributed by atoms with E-state index in [9.17, 15) is 19.8 Å². The first-order chi connectivity index (χ1) is 19.6. The molecule has 41 heavy (non-hydrogen) atoms. The largest absolute Gasteiger partial charge is 0.493 e. The summed E-state index contributed by atoms with van der Waals surface area (Å²) in [7, 11) is 0. The number of nitrogens with two attached hydrogens (primary N) is 1. The van der Waals surface area contributed by atoms with Crippen molar-refractivity contribution in [2.24, 2.45) is 16.0 Å². The quantitative estimate of drug-likeness (QED) is 0.216. The molecule has 14 heteroatoms. The predicted octanol–water partition coefficient (Wildman–Crippen LogP) is 4.59. The zero-order valence-corrected chi connectivity index (χ0v) is 23.2. The van der Waals surface area contributed by atoms with Gasteiger partial charge in [0, 0.05) is 54.2 Å². The van der Waals surface area contributed by atoms with Gasteiger partial charge in [-0.3, -0.25) is 14.3 Å². The van der Waals surface area contributed by atoms with Crippen molar-refractivity contribution < 1.29 is 19.4 Å². The van der Waals surface area contributed by atoms with Gasteiger partial charge < -0.3 is 25.4 Å². The van der Waals surface area contributed by atoms with Crippen LogP contribution in [-0.2, 0) is 6.67 Å². The number of nitrogens with zero attached hydrogens (tertiary/aromatic N) is 6. The molecule has 0 radical (unpaired) electrons. The molecule has 1 saturated carbocycles. The monoisotopic (exact) mass is 597 g/mol. The molecule has 2 aromatic heterocycles. The van der Waals surface area contributed by atoms with Crippen LogP contribution in [-0.4, -0.2) is 61.5 Å². The lowest BCUT2D eigenvalue weighted by atomic mass is 10.1. The summed E-state index contributed by atoms with van der Waals surface area (Å²) in [6.45, 7) is 2.43. The van der Waals surface area contributed by atoms with E-state index < -0.39 is 17.2 Å². The average Bonchev–Trinajstić information content (AvgIpc) is 3.74. The van der Waals surface area contributed by atoms with Gasteiger partial charge in [0.2, 0.25) is 16.4 Å². The van der Waals surface area contributed by atoms with Gasteiger partial charge in [-0.25, -0.2) is 9.18 Å². The highest BCUT2D eigenvalue weighted by molar-refractivity contribution is 7.80. The first kappa shape index (κ1) is 27.1. The van der Waals surface area contributed by atoms with Crippen molar-refractivity contribution in [1.29, 1.82) is 0 Å². The molecule has 2 aromatic carbocycles. The number of anilines is 1. The number of aromatic hydroxyl groups is 1. The van der Waals surface area contributed by atoms with E-state index in [1.807, 2.05) is 4.90 Å². The van der Waals surface area contributed by atoms with E-state index in [4.69, 9.17) is 29.6 Å². The fourth-order valence-electron chi connectivity index (χ4n) is 5.38. The van der Waals surface area contributed by atoms with E-state index in [1.54, 1.807) is 33.4 Å². The van der Waals surface area contributed by atoms with E-state index in [1.165, 1.54) is 6.20 Å². The van der Waals surface area contributed by atoms with E-state index >= 15 is 4.39 Å². The van der Waals surface area contributed by atoms with Crippen molar-refractivity contribution in [1.82, 2.24) is 14.0 Å². The highest BCUT2D eigenvalue weighted by atomic mass is 35.5. The Balaban J connectivity index is 1.26. The fraction of sp³-hybridized carbons (Fsp3) is 0.296. The maximum atomic E-state index is 15.4. The number of carboxylic acids is 1. The number of halogens is 2. The van der Waals surface area contributed by atoms with Crippen LogP contribution in [0.4, 0.5) is 15.8 Å². The maximum absolute atomic E-state index is 15.4. The summed E-state index contributed by atoms with van der Waals surface area (Å²) >= 11 is 11.0. The van der Waals surface area contributed by atoms with Gasteiger partial charge >= 0.3 is 5.97 Å². The lowest BCUT2D eigenvalue weighted by molar-refractivity contribution is 0.0695. The van der Waals surface area contributed by atoms with Gasteiger partial charge in [0.25, 0.3) is 0 Å². The molecular weight excluding hydrogens is 573 g/mol. The summed E-state index contributed by atoms with van der Waals surface area (Å²) in [6.07, 6.45) is 3.12. The van der Waals surface area contributed by atoms with Crippen molar-refractivity contribution in [3.8, 4) is 5.88 Å². The van der Waals surface area contributed by atoms with Gasteiger partial charge in [-0.2, -0.15) is 0 Å². The van der Waals surface area contributed by atoms with Gasteiger partial charge in [0.05, 0.1) is 23.4 Å². The fourth-order valence-corrected chi connectivity index (χ4v) is 5.59. The Morgan fingerprint density at radius 1 is 1.12 bits per heavy atom. The molecule has 2 fully saturated rings. The van der Waals surface area contributed by atoms with Crippen LogP contribution in [0, 0.1) is 5.82 Å². The number of benzene rings is 2. The third-order valence-corrected chi connectivity index (χ3v) is 7.86. The summed E-state index contributed by atoms with van der Waals surface area (Å²) in [5, 5.41) is 29.2. The van der Waals surface area contributed by atoms with Crippen molar-refractivity contribution in [2.75, 3.05) is 31.1 Å². The number of piperazine rings is 1. The second-order valence-electron chi connectivity index (χ2n) is 10.2. The average molecular weight is 598 g/mol. The minimum atomic E-state index is -1.32. The molecule has 4 N–H and O–H groups in total. The molecule has 0 unspecified atom stereocenters. The lowest BCUT2D eigenvalue weighted by Gasteiger charge is -2.36. The number of hydrogen-bond acceptors (Lipinski definition) is 7. The minimum absolute atomic E-state index is 0.0649. The lowest BCUT2D eigenvalue weighted by Crippen LogP contribution is -2.47. The topological polar surface area (TPSA) is 142 Å². The zero-order chi connectivity index (χ0) is 29.0. The number of azo groups is 1. The van der Waals surface area contributed by atoms with Crippen molar-refractivity contribution in [3.05, 3.63) is 63.2 Å². The molecule has 0 spiro atoms. The summed E-state index contributed by atoms with van der Waals surface area (Å²) in [6, 6.07) is 8.09. The highest BCUT2D eigenvalue weighted by Gasteiger charge is 2.29. The maximum Gasteiger partial charge on any atom is 0.341 e. The molecule has 212 valence electrons. The van der Waals surface area contributed by atoms with Crippen molar-refractivity contribution in [3.63, 3.8) is 0 Å². The number of pyridine rings is 1. The van der Waals surface area contributed by atoms with Gasteiger partial charge in [0.1, 0.15) is 11.4 Å². The van der Waals surface area contributed by atoms with Crippen molar-refractivity contribution in [2.45, 2.75) is 25.6 Å². The second kappa shape index (κ2) is 10.4. The van der Waals surface area contributed by atoms with Crippen LogP contribution < -0.4 is 16.1 Å². The number of thiocarbonyl (C=S) groups is 1. The van der Waals surface area contributed by atoms with Gasteiger partial charge in [-0.05, 0) is 55.4 Å². The molecule has 1 saturated heterocycles. The Labute approximate surface area is 242 Å². The number of rotatable bonds is 6. The van der Waals surface area contributed by atoms with Crippen LogP contribution in [0.2, 0.25) is 5.02 Å². The summed E-state index contributed by atoms with van der Waals surface area (Å²) in [5.41, 5.74) is 6.20. The molecular formula is C27H25ClFN7O4S. The summed E-state index contributed by atoms with van der Waals surface area (Å²) in [5.74, 6) is -2.01. The normalized spacial score (nSPS) is 16.3. The third kappa shape index (κ3) is 5.00. The molecule has 4 aromatic rings. The number of carboxylic acid groups (broad SMARTS) is 1. The minimum Gasteiger partial charge on any atom is -0.493 e. The molecule has 0 bridgehead atoms. The SMILES string of the molecule is NC(=S)N=Nc1c(O)n(CN2CCN(c3cc4c(cc3F)c(=O)c(C(=O)O)cn4C3CC3)CC2)c2ccc(Cl)cc12. The molecule has 1 aliphatic heterocycles.